The van der Waals surface area contributed by atoms with Gasteiger partial charge in [-0.05, 0) is 18.2 Å². The molecule has 1 saturated heterocycles. The number of aromatic nitrogens is 2. The number of hydrogen-bond donors (Lipinski definition) is 3. The number of nitrogens with one attached hydrogen (secondary N) is 3. The summed E-state index contributed by atoms with van der Waals surface area (Å²) in [5.41, 5.74) is 1.85. The molecule has 37 heavy (non-hydrogen) atoms. The van der Waals surface area contributed by atoms with Crippen molar-refractivity contribution >= 4 is 28.9 Å². The van der Waals surface area contributed by atoms with Gasteiger partial charge in [0.1, 0.15) is 18.5 Å². The van der Waals surface area contributed by atoms with E-state index in [9.17, 15) is 13.6 Å². The molecule has 3 aromatic rings. The highest BCUT2D eigenvalue weighted by atomic mass is 35.5. The zero-order valence-corrected chi connectivity index (χ0v) is 20.6. The van der Waals surface area contributed by atoms with Crippen molar-refractivity contribution in [3.05, 3.63) is 52.9 Å². The van der Waals surface area contributed by atoms with Crippen molar-refractivity contribution < 1.29 is 32.5 Å². The third kappa shape index (κ3) is 5.07. The summed E-state index contributed by atoms with van der Waals surface area (Å²) in [4.78, 5) is 20.2. The fraction of sp³-hybridized carbons (Fsp3) is 0.360. The van der Waals surface area contributed by atoms with E-state index >= 15 is 0 Å². The Hall–Kier alpha value is -3.41. The van der Waals surface area contributed by atoms with Crippen LogP contribution >= 0.6 is 11.6 Å². The number of para-hydroxylation sites is 1. The SMILES string of the molecule is COc1c(Cl)cccc1Nc1c(-c2ccncc2OCC2COCCO2)[nH]c2c1C(=O)NCC2C(F)F. The van der Waals surface area contributed by atoms with Gasteiger partial charge in [-0.1, -0.05) is 17.7 Å². The minimum atomic E-state index is -2.70. The second kappa shape index (κ2) is 10.9. The van der Waals surface area contributed by atoms with Crippen molar-refractivity contribution in [1.82, 2.24) is 15.3 Å². The number of ether oxygens (including phenoxy) is 4. The van der Waals surface area contributed by atoms with Crippen LogP contribution in [0.1, 0.15) is 22.0 Å². The first-order valence-corrected chi connectivity index (χ1v) is 12.0. The number of halogens is 3. The van der Waals surface area contributed by atoms with Crippen LogP contribution in [0.25, 0.3) is 11.3 Å². The topological polar surface area (TPSA) is 107 Å². The van der Waals surface area contributed by atoms with Crippen LogP contribution in [-0.2, 0) is 9.47 Å². The number of pyridine rings is 1. The Morgan fingerprint density at radius 2 is 2.16 bits per heavy atom. The average molecular weight is 535 g/mol. The predicted octanol–water partition coefficient (Wildman–Crippen LogP) is 4.37. The monoisotopic (exact) mass is 534 g/mol. The van der Waals surface area contributed by atoms with Gasteiger partial charge in [0.25, 0.3) is 5.91 Å². The van der Waals surface area contributed by atoms with Crippen molar-refractivity contribution in [3.63, 3.8) is 0 Å². The Bertz CT molecular complexity index is 1280. The molecule has 2 aliphatic rings. The summed E-state index contributed by atoms with van der Waals surface area (Å²) in [7, 11) is 1.46. The average Bonchev–Trinajstić information content (AvgIpc) is 3.28. The molecule has 12 heteroatoms. The maximum absolute atomic E-state index is 14.0. The molecule has 2 unspecified atom stereocenters. The van der Waals surface area contributed by atoms with Gasteiger partial charge in [0.15, 0.2) is 5.75 Å². The van der Waals surface area contributed by atoms with Crippen LogP contribution in [-0.4, -0.2) is 68.5 Å². The first kappa shape index (κ1) is 25.2. The van der Waals surface area contributed by atoms with Crippen LogP contribution in [0.2, 0.25) is 5.02 Å². The summed E-state index contributed by atoms with van der Waals surface area (Å²) in [5, 5.41) is 6.11. The van der Waals surface area contributed by atoms with E-state index < -0.39 is 18.3 Å². The highest BCUT2D eigenvalue weighted by molar-refractivity contribution is 6.32. The normalized spacial score (nSPS) is 19.3. The van der Waals surface area contributed by atoms with E-state index in [1.54, 1.807) is 30.5 Å². The number of amides is 1. The van der Waals surface area contributed by atoms with Crippen LogP contribution in [0.3, 0.4) is 0 Å². The van der Waals surface area contributed by atoms with E-state index in [0.29, 0.717) is 53.3 Å². The van der Waals surface area contributed by atoms with E-state index in [2.05, 4.69) is 20.6 Å². The maximum atomic E-state index is 14.0. The molecule has 196 valence electrons. The van der Waals surface area contributed by atoms with Gasteiger partial charge < -0.3 is 34.6 Å². The Labute approximate surface area is 216 Å². The highest BCUT2D eigenvalue weighted by Gasteiger charge is 2.37. The second-order valence-corrected chi connectivity index (χ2v) is 8.92. The number of alkyl halides is 2. The Balaban J connectivity index is 1.61. The predicted molar refractivity (Wildman–Crippen MR) is 132 cm³/mol. The Kier molecular flexibility index (Phi) is 7.45. The zero-order valence-electron chi connectivity index (χ0n) is 19.9. The lowest BCUT2D eigenvalue weighted by Crippen LogP contribution is -2.37. The zero-order chi connectivity index (χ0) is 25.9. The van der Waals surface area contributed by atoms with Crippen LogP contribution in [0.15, 0.2) is 36.7 Å². The molecule has 3 N–H and O–H groups in total. The number of hydrogen-bond acceptors (Lipinski definition) is 7. The maximum Gasteiger partial charge on any atom is 0.255 e. The molecule has 0 saturated carbocycles. The fourth-order valence-corrected chi connectivity index (χ4v) is 4.69. The standard InChI is InChI=1S/C25H25ClF2N4O5/c1-34-23-16(26)3-2-4-17(23)31-22-19-20(15(24(27)28)9-30-25(19)33)32-21(22)14-5-6-29-10-18(14)37-12-13-11-35-7-8-36-13/h2-6,10,13,15,24,31-32H,7-9,11-12H2,1H3,(H,30,33). The van der Waals surface area contributed by atoms with Gasteiger partial charge in [-0.3, -0.25) is 9.78 Å². The third-order valence-electron chi connectivity index (χ3n) is 6.21. The van der Waals surface area contributed by atoms with Crippen LogP contribution in [0.4, 0.5) is 20.2 Å². The number of carbonyl (C=O) groups is 1. The number of H-pyrrole nitrogens is 1. The van der Waals surface area contributed by atoms with Crippen LogP contribution < -0.4 is 20.1 Å². The summed E-state index contributed by atoms with van der Waals surface area (Å²) in [5.74, 6) is -0.984. The van der Waals surface area contributed by atoms with E-state index in [0.717, 1.165) is 0 Å². The second-order valence-electron chi connectivity index (χ2n) is 8.51. The number of rotatable bonds is 8. The van der Waals surface area contributed by atoms with Crippen molar-refractivity contribution in [2.45, 2.75) is 18.4 Å². The summed E-state index contributed by atoms with van der Waals surface area (Å²) >= 11 is 6.30. The van der Waals surface area contributed by atoms with Crippen LogP contribution in [0, 0.1) is 0 Å². The lowest BCUT2D eigenvalue weighted by Gasteiger charge is -2.23. The lowest BCUT2D eigenvalue weighted by atomic mass is 9.96. The van der Waals surface area contributed by atoms with Crippen LogP contribution in [0.5, 0.6) is 11.5 Å². The lowest BCUT2D eigenvalue weighted by molar-refractivity contribution is -0.101. The number of methoxy groups -OCH3 is 1. The fourth-order valence-electron chi connectivity index (χ4n) is 4.43. The van der Waals surface area contributed by atoms with E-state index in [-0.39, 0.29) is 36.2 Å². The molecule has 1 aromatic carbocycles. The summed E-state index contributed by atoms with van der Waals surface area (Å²) in [6.07, 6.45) is 0.112. The number of benzene rings is 1. The number of fused-ring (bicyclic) bond motifs is 1. The number of nitrogens with zero attached hydrogens (tertiary/aromatic N) is 1. The smallest absolute Gasteiger partial charge is 0.255 e. The molecule has 0 radical (unpaired) electrons. The molecule has 2 aliphatic heterocycles. The van der Waals surface area contributed by atoms with Gasteiger partial charge in [0.2, 0.25) is 6.43 Å². The van der Waals surface area contributed by atoms with E-state index in [4.69, 9.17) is 30.5 Å². The summed E-state index contributed by atoms with van der Waals surface area (Å²) < 4.78 is 50.5. The number of anilines is 2. The van der Waals surface area contributed by atoms with Gasteiger partial charge in [-0.2, -0.15) is 0 Å². The molecule has 1 amide bonds. The largest absolute Gasteiger partial charge is 0.493 e. The van der Waals surface area contributed by atoms with Crippen molar-refractivity contribution in [2.75, 3.05) is 45.4 Å². The van der Waals surface area contributed by atoms with Gasteiger partial charge in [0, 0.05) is 24.0 Å². The van der Waals surface area contributed by atoms with Gasteiger partial charge in [-0.25, -0.2) is 8.78 Å². The molecule has 0 aliphatic carbocycles. The number of carbonyl (C=O) groups excluding carboxylic acids is 1. The summed E-state index contributed by atoms with van der Waals surface area (Å²) in [6.45, 7) is 1.39. The molecule has 4 heterocycles. The van der Waals surface area contributed by atoms with Gasteiger partial charge >= 0.3 is 0 Å². The van der Waals surface area contributed by atoms with Crippen molar-refractivity contribution in [1.29, 1.82) is 0 Å². The molecule has 2 aromatic heterocycles. The molecule has 0 bridgehead atoms. The van der Waals surface area contributed by atoms with Crippen molar-refractivity contribution in [2.24, 2.45) is 0 Å². The van der Waals surface area contributed by atoms with Gasteiger partial charge in [0.05, 0.1) is 66.7 Å². The van der Waals surface area contributed by atoms with Gasteiger partial charge in [-0.15, -0.1) is 0 Å². The molecule has 1 fully saturated rings. The highest BCUT2D eigenvalue weighted by Crippen LogP contribution is 2.45. The minimum absolute atomic E-state index is 0.0837. The molecule has 2 atom stereocenters. The quantitative estimate of drug-likeness (QED) is 0.394. The molecular weight excluding hydrogens is 510 g/mol. The van der Waals surface area contributed by atoms with E-state index in [1.807, 2.05) is 0 Å². The first-order valence-electron chi connectivity index (χ1n) is 11.7. The molecule has 0 spiro atoms. The Morgan fingerprint density at radius 1 is 1.30 bits per heavy atom. The Morgan fingerprint density at radius 3 is 2.92 bits per heavy atom. The van der Waals surface area contributed by atoms with E-state index in [1.165, 1.54) is 13.3 Å². The first-order chi connectivity index (χ1) is 18.0. The third-order valence-corrected chi connectivity index (χ3v) is 6.51. The molecule has 5 rings (SSSR count). The summed E-state index contributed by atoms with van der Waals surface area (Å²) in [6, 6.07) is 6.76. The van der Waals surface area contributed by atoms with Crippen molar-refractivity contribution in [3.8, 4) is 22.8 Å². The molecule has 9 nitrogen and oxygen atoms in total. The molecular formula is C25H25ClF2N4O5. The number of aromatic amines is 1. The minimum Gasteiger partial charge on any atom is -0.493 e.